The number of nitriles is 1. The Balaban J connectivity index is 1.94. The van der Waals surface area contributed by atoms with Crippen LogP contribution in [0.3, 0.4) is 0 Å². The zero-order valence-corrected chi connectivity index (χ0v) is 18.5. The molecular formula is C19H24N6O2S2. The highest BCUT2D eigenvalue weighted by Gasteiger charge is 2.37. The van der Waals surface area contributed by atoms with Gasteiger partial charge in [-0.3, -0.25) is 8.89 Å². The van der Waals surface area contributed by atoms with E-state index in [4.69, 9.17) is 9.73 Å². The highest BCUT2D eigenvalue weighted by Crippen LogP contribution is 2.32. The van der Waals surface area contributed by atoms with E-state index in [1.165, 1.54) is 11.8 Å². The van der Waals surface area contributed by atoms with E-state index in [-0.39, 0.29) is 5.92 Å². The minimum absolute atomic E-state index is 0.169. The molecule has 2 aromatic rings. The minimum atomic E-state index is -1.29. The van der Waals surface area contributed by atoms with Crippen LogP contribution in [-0.2, 0) is 28.2 Å². The maximum atomic E-state index is 12.1. The molecule has 0 fully saturated rings. The van der Waals surface area contributed by atoms with Gasteiger partial charge in [0.05, 0.1) is 16.7 Å². The number of thioether (sulfide) groups is 1. The van der Waals surface area contributed by atoms with Gasteiger partial charge < -0.3 is 10.1 Å². The molecule has 2 atom stereocenters. The molecule has 0 aromatic carbocycles. The van der Waals surface area contributed by atoms with Gasteiger partial charge >= 0.3 is 0 Å². The monoisotopic (exact) mass is 432 g/mol. The first-order chi connectivity index (χ1) is 13.9. The molecule has 1 aliphatic rings. The van der Waals surface area contributed by atoms with E-state index in [1.54, 1.807) is 18.0 Å². The number of aromatic nitrogens is 3. The maximum Gasteiger partial charge on any atom is 0.246 e. The second kappa shape index (κ2) is 9.07. The zero-order chi connectivity index (χ0) is 21.0. The lowest BCUT2D eigenvalue weighted by molar-refractivity contribution is 0.218. The van der Waals surface area contributed by atoms with Crippen LogP contribution in [-0.4, -0.2) is 48.6 Å². The second-order valence-corrected chi connectivity index (χ2v) is 9.93. The third-order valence-electron chi connectivity index (χ3n) is 4.41. The first-order valence-corrected chi connectivity index (χ1v) is 11.6. The van der Waals surface area contributed by atoms with Gasteiger partial charge in [0.25, 0.3) is 0 Å². The van der Waals surface area contributed by atoms with Crippen molar-refractivity contribution in [3.8, 4) is 6.07 Å². The van der Waals surface area contributed by atoms with E-state index >= 15 is 0 Å². The van der Waals surface area contributed by atoms with Crippen LogP contribution >= 0.6 is 11.8 Å². The van der Waals surface area contributed by atoms with Crippen molar-refractivity contribution in [1.29, 1.82) is 5.26 Å². The number of hydrogen-bond donors (Lipinski definition) is 1. The normalized spacial score (nSPS) is 20.1. The molecule has 8 nitrogen and oxygen atoms in total. The van der Waals surface area contributed by atoms with Crippen molar-refractivity contribution in [2.45, 2.75) is 19.5 Å². The van der Waals surface area contributed by atoms with Crippen LogP contribution in [0.5, 0.6) is 0 Å². The number of allylic oxidation sites excluding steroid dienone is 1. The summed E-state index contributed by atoms with van der Waals surface area (Å²) in [5.41, 5.74) is 0.872. The Morgan fingerprint density at radius 3 is 2.97 bits per heavy atom. The van der Waals surface area contributed by atoms with Gasteiger partial charge in [-0.25, -0.2) is 9.98 Å². The van der Waals surface area contributed by atoms with E-state index < -0.39 is 16.5 Å². The first-order valence-electron chi connectivity index (χ1n) is 9.14. The minimum Gasteiger partial charge on any atom is -0.384 e. The summed E-state index contributed by atoms with van der Waals surface area (Å²) in [4.78, 5) is 9.09. The molecule has 29 heavy (non-hydrogen) atoms. The van der Waals surface area contributed by atoms with Crippen molar-refractivity contribution in [1.82, 2.24) is 20.1 Å². The SMILES string of the molecule is COCCS(=O)CSC1=NC(C#N)(c2cnc3nn(C)cc3c2)NC(C(C)C)=C1. The molecule has 0 bridgehead atoms. The Hall–Kier alpha value is -2.22. The summed E-state index contributed by atoms with van der Waals surface area (Å²) < 4.78 is 18.8. The van der Waals surface area contributed by atoms with Gasteiger partial charge in [0, 0.05) is 59.8 Å². The molecule has 2 aromatic heterocycles. The van der Waals surface area contributed by atoms with Crippen molar-refractivity contribution in [3.63, 3.8) is 0 Å². The van der Waals surface area contributed by atoms with Gasteiger partial charge in [-0.15, -0.1) is 0 Å². The predicted molar refractivity (Wildman–Crippen MR) is 117 cm³/mol. The Bertz CT molecular complexity index is 1020. The number of fused-ring (bicyclic) bond motifs is 1. The second-order valence-electron chi connectivity index (χ2n) is 6.99. The molecule has 154 valence electrons. The third-order valence-corrected chi connectivity index (χ3v) is 7.06. The number of nitrogens with one attached hydrogen (secondary N) is 1. The van der Waals surface area contributed by atoms with E-state index in [0.29, 0.717) is 33.7 Å². The van der Waals surface area contributed by atoms with Crippen molar-refractivity contribution in [2.24, 2.45) is 18.0 Å². The first kappa shape index (κ1) is 21.5. The summed E-state index contributed by atoms with van der Waals surface area (Å²) in [5.74, 6) is 0.642. The fourth-order valence-electron chi connectivity index (χ4n) is 2.83. The Morgan fingerprint density at radius 2 is 2.28 bits per heavy atom. The molecule has 3 rings (SSSR count). The Kier molecular flexibility index (Phi) is 6.72. The van der Waals surface area contributed by atoms with E-state index in [9.17, 15) is 9.47 Å². The van der Waals surface area contributed by atoms with Crippen molar-refractivity contribution in [2.75, 3.05) is 24.6 Å². The summed E-state index contributed by atoms with van der Waals surface area (Å²) in [5, 5.41) is 19.6. The molecule has 1 N–H and O–H groups in total. The number of hydrogen-bond acceptors (Lipinski definition) is 8. The smallest absolute Gasteiger partial charge is 0.246 e. The molecule has 2 unspecified atom stereocenters. The molecule has 3 heterocycles. The number of aliphatic imine (C=N–C) groups is 1. The molecule has 0 amide bonds. The summed E-state index contributed by atoms with van der Waals surface area (Å²) in [6.45, 7) is 4.55. The average Bonchev–Trinajstić information content (AvgIpc) is 3.09. The standard InChI is InChI=1S/C19H24N6O2S2/c1-13(2)16-8-17(28-12-29(26)6-5-27-4)23-19(11-20,22-16)15-7-14-10-25(3)24-18(14)21-9-15/h7-10,13,22H,5-6,12H2,1-4H3. The quantitative estimate of drug-likeness (QED) is 0.715. The molecule has 1 aliphatic heterocycles. The van der Waals surface area contributed by atoms with Gasteiger partial charge in [0.15, 0.2) is 5.65 Å². The van der Waals surface area contributed by atoms with Gasteiger partial charge in [-0.05, 0) is 18.1 Å². The van der Waals surface area contributed by atoms with Crippen LogP contribution in [0.25, 0.3) is 11.0 Å². The number of rotatable bonds is 7. The fraction of sp³-hybridized carbons (Fsp3) is 0.474. The van der Waals surface area contributed by atoms with Gasteiger partial charge in [0.1, 0.15) is 6.07 Å². The number of methoxy groups -OCH3 is 1. The molecule has 0 spiro atoms. The van der Waals surface area contributed by atoms with E-state index in [2.05, 4.69) is 21.5 Å². The fourth-order valence-corrected chi connectivity index (χ4v) is 5.08. The van der Waals surface area contributed by atoms with Gasteiger partial charge in [-0.1, -0.05) is 25.6 Å². The average molecular weight is 433 g/mol. The summed E-state index contributed by atoms with van der Waals surface area (Å²) in [7, 11) is 2.39. The molecule has 0 radical (unpaired) electrons. The largest absolute Gasteiger partial charge is 0.384 e. The maximum absolute atomic E-state index is 12.1. The van der Waals surface area contributed by atoms with Gasteiger partial charge in [-0.2, -0.15) is 10.4 Å². The lowest BCUT2D eigenvalue weighted by atomic mass is 9.98. The van der Waals surface area contributed by atoms with Crippen molar-refractivity contribution in [3.05, 3.63) is 35.8 Å². The van der Waals surface area contributed by atoms with Gasteiger partial charge in [0.2, 0.25) is 5.66 Å². The molecule has 0 aliphatic carbocycles. The highest BCUT2D eigenvalue weighted by molar-refractivity contribution is 8.21. The Labute approximate surface area is 176 Å². The lowest BCUT2D eigenvalue weighted by Gasteiger charge is -2.32. The molecule has 0 saturated heterocycles. The number of aryl methyl sites for hydroxylation is 1. The number of nitrogens with zero attached hydrogens (tertiary/aromatic N) is 5. The third kappa shape index (κ3) is 4.86. The summed E-state index contributed by atoms with van der Waals surface area (Å²) in [6, 6.07) is 4.21. The topological polar surface area (TPSA) is 105 Å². The van der Waals surface area contributed by atoms with Crippen LogP contribution in [0.2, 0.25) is 0 Å². The van der Waals surface area contributed by atoms with E-state index in [0.717, 1.165) is 11.1 Å². The van der Waals surface area contributed by atoms with Crippen LogP contribution in [0.4, 0.5) is 0 Å². The Morgan fingerprint density at radius 1 is 1.48 bits per heavy atom. The molecule has 0 saturated carbocycles. The van der Waals surface area contributed by atoms with Crippen LogP contribution in [0.15, 0.2) is 35.2 Å². The zero-order valence-electron chi connectivity index (χ0n) is 16.9. The highest BCUT2D eigenvalue weighted by atomic mass is 32.2. The predicted octanol–water partition coefficient (Wildman–Crippen LogP) is 2.27. The van der Waals surface area contributed by atoms with Crippen LogP contribution in [0.1, 0.15) is 19.4 Å². The van der Waals surface area contributed by atoms with Crippen molar-refractivity contribution < 1.29 is 8.95 Å². The summed E-state index contributed by atoms with van der Waals surface area (Å²) in [6.07, 6.45) is 5.42. The number of ether oxygens (including phenoxy) is 1. The van der Waals surface area contributed by atoms with Crippen LogP contribution < -0.4 is 5.32 Å². The number of pyridine rings is 1. The van der Waals surface area contributed by atoms with E-state index in [1.807, 2.05) is 39.2 Å². The molecular weight excluding hydrogens is 408 g/mol. The van der Waals surface area contributed by atoms with Crippen LogP contribution in [0, 0.1) is 17.2 Å². The van der Waals surface area contributed by atoms with Crippen molar-refractivity contribution >= 4 is 38.6 Å². The lowest BCUT2D eigenvalue weighted by Crippen LogP contribution is -2.43. The summed E-state index contributed by atoms with van der Waals surface area (Å²) >= 11 is 1.39. The molecule has 10 heteroatoms.